The zero-order valence-electron chi connectivity index (χ0n) is 10.5. The van der Waals surface area contributed by atoms with Crippen molar-refractivity contribution in [1.29, 1.82) is 0 Å². The van der Waals surface area contributed by atoms with Gasteiger partial charge in [0.1, 0.15) is 4.90 Å². The third-order valence-corrected chi connectivity index (χ3v) is 5.10. The van der Waals surface area contributed by atoms with Crippen LogP contribution in [0.4, 0.5) is 5.82 Å². The number of thioether (sulfide) groups is 1. The second kappa shape index (κ2) is 5.51. The Kier molecular flexibility index (Phi) is 4.16. The number of nitrogens with zero attached hydrogens (tertiary/aromatic N) is 2. The molecule has 1 aliphatic rings. The zero-order chi connectivity index (χ0) is 14.0. The number of carbonyl (C=O) groups is 1. The Morgan fingerprint density at radius 3 is 2.89 bits per heavy atom. The number of nitrogens with two attached hydrogens (primary N) is 1. The SMILES string of the molecule is Cn1cc(S(N)(=O)=O)c(NC(=O)C2CCCCS2)n1. The molecule has 1 fully saturated rings. The van der Waals surface area contributed by atoms with E-state index < -0.39 is 10.0 Å². The molecule has 0 aliphatic carbocycles. The molecule has 1 amide bonds. The minimum atomic E-state index is -3.89. The van der Waals surface area contributed by atoms with E-state index >= 15 is 0 Å². The summed E-state index contributed by atoms with van der Waals surface area (Å²) in [7, 11) is -2.32. The Morgan fingerprint density at radius 2 is 2.32 bits per heavy atom. The van der Waals surface area contributed by atoms with Crippen LogP contribution in [0.2, 0.25) is 0 Å². The van der Waals surface area contributed by atoms with Gasteiger partial charge in [-0.3, -0.25) is 9.48 Å². The number of hydrogen-bond donors (Lipinski definition) is 2. The van der Waals surface area contributed by atoms with Crippen molar-refractivity contribution in [2.24, 2.45) is 12.2 Å². The normalized spacial score (nSPS) is 20.2. The Labute approximate surface area is 116 Å². The van der Waals surface area contributed by atoms with Crippen molar-refractivity contribution in [3.8, 4) is 0 Å². The van der Waals surface area contributed by atoms with Crippen LogP contribution in [-0.2, 0) is 21.9 Å². The van der Waals surface area contributed by atoms with Gasteiger partial charge in [0.05, 0.1) is 5.25 Å². The Morgan fingerprint density at radius 1 is 1.58 bits per heavy atom. The van der Waals surface area contributed by atoms with Gasteiger partial charge in [-0.15, -0.1) is 11.8 Å². The summed E-state index contributed by atoms with van der Waals surface area (Å²) in [6.07, 6.45) is 4.20. The van der Waals surface area contributed by atoms with Crippen molar-refractivity contribution < 1.29 is 13.2 Å². The van der Waals surface area contributed by atoms with Crippen molar-refractivity contribution in [2.45, 2.75) is 29.4 Å². The predicted octanol–water partition coefficient (Wildman–Crippen LogP) is 0.292. The van der Waals surface area contributed by atoms with E-state index in [0.717, 1.165) is 25.0 Å². The molecule has 1 unspecified atom stereocenters. The van der Waals surface area contributed by atoms with Crippen LogP contribution < -0.4 is 10.5 Å². The van der Waals surface area contributed by atoms with Crippen LogP contribution in [0.15, 0.2) is 11.1 Å². The first kappa shape index (κ1) is 14.4. The lowest BCUT2D eigenvalue weighted by atomic mass is 10.2. The van der Waals surface area contributed by atoms with E-state index in [9.17, 15) is 13.2 Å². The predicted molar refractivity (Wildman–Crippen MR) is 73.3 cm³/mol. The number of hydrogen-bond acceptors (Lipinski definition) is 5. The first-order chi connectivity index (χ1) is 8.88. The third kappa shape index (κ3) is 3.48. The summed E-state index contributed by atoms with van der Waals surface area (Å²) in [5.74, 6) is 0.733. The van der Waals surface area contributed by atoms with E-state index in [1.54, 1.807) is 18.8 Å². The maximum Gasteiger partial charge on any atom is 0.243 e. The van der Waals surface area contributed by atoms with Crippen LogP contribution >= 0.6 is 11.8 Å². The highest BCUT2D eigenvalue weighted by Gasteiger charge is 2.25. The number of aryl methyl sites for hydroxylation is 1. The van der Waals surface area contributed by atoms with Crippen molar-refractivity contribution >= 4 is 33.5 Å². The molecule has 1 atom stereocenters. The number of sulfonamides is 1. The fourth-order valence-corrected chi connectivity index (χ4v) is 3.77. The molecule has 0 radical (unpaired) electrons. The number of primary sulfonamides is 1. The molecule has 2 heterocycles. The zero-order valence-corrected chi connectivity index (χ0v) is 12.1. The van der Waals surface area contributed by atoms with E-state index in [2.05, 4.69) is 10.4 Å². The fraction of sp³-hybridized carbons (Fsp3) is 0.600. The number of aromatic nitrogens is 2. The van der Waals surface area contributed by atoms with Gasteiger partial charge in [0.25, 0.3) is 0 Å². The molecular weight excluding hydrogens is 288 g/mol. The highest BCUT2D eigenvalue weighted by molar-refractivity contribution is 8.00. The molecule has 9 heteroatoms. The minimum absolute atomic E-state index is 0.00109. The molecule has 106 valence electrons. The Balaban J connectivity index is 2.17. The third-order valence-electron chi connectivity index (χ3n) is 2.82. The maximum atomic E-state index is 12.0. The maximum absolute atomic E-state index is 12.0. The standard InChI is InChI=1S/C10H16N4O3S2/c1-14-6-8(19(11,16)17)9(13-14)12-10(15)7-4-2-3-5-18-7/h6-7H,2-5H2,1H3,(H2,11,16,17)(H,12,13,15). The number of nitrogens with one attached hydrogen (secondary N) is 1. The van der Waals surface area contributed by atoms with Crippen molar-refractivity contribution in [3.63, 3.8) is 0 Å². The lowest BCUT2D eigenvalue weighted by Gasteiger charge is -2.19. The first-order valence-electron chi connectivity index (χ1n) is 5.87. The van der Waals surface area contributed by atoms with E-state index in [1.165, 1.54) is 10.9 Å². The van der Waals surface area contributed by atoms with Gasteiger partial charge in [0, 0.05) is 13.2 Å². The minimum Gasteiger partial charge on any atom is -0.307 e. The van der Waals surface area contributed by atoms with Gasteiger partial charge in [-0.25, -0.2) is 13.6 Å². The van der Waals surface area contributed by atoms with Crippen LogP contribution in [0.3, 0.4) is 0 Å². The van der Waals surface area contributed by atoms with Crippen molar-refractivity contribution in [3.05, 3.63) is 6.20 Å². The van der Waals surface area contributed by atoms with Gasteiger partial charge in [-0.2, -0.15) is 5.10 Å². The van der Waals surface area contributed by atoms with E-state index in [0.29, 0.717) is 0 Å². The van der Waals surface area contributed by atoms with Gasteiger partial charge in [-0.1, -0.05) is 6.42 Å². The van der Waals surface area contributed by atoms with E-state index in [4.69, 9.17) is 5.14 Å². The number of anilines is 1. The molecule has 1 aromatic heterocycles. The average molecular weight is 304 g/mol. The van der Waals surface area contributed by atoms with Gasteiger partial charge in [-0.05, 0) is 18.6 Å². The molecule has 19 heavy (non-hydrogen) atoms. The fourth-order valence-electron chi connectivity index (χ4n) is 1.91. The topological polar surface area (TPSA) is 107 Å². The summed E-state index contributed by atoms with van der Waals surface area (Å²) in [5, 5.41) is 11.4. The van der Waals surface area contributed by atoms with Crippen LogP contribution in [0.5, 0.6) is 0 Å². The first-order valence-corrected chi connectivity index (χ1v) is 8.46. The van der Waals surface area contributed by atoms with E-state index in [-0.39, 0.29) is 21.9 Å². The number of rotatable bonds is 3. The quantitative estimate of drug-likeness (QED) is 0.834. The summed E-state index contributed by atoms with van der Waals surface area (Å²) in [6.45, 7) is 0. The number of carbonyl (C=O) groups excluding carboxylic acids is 1. The summed E-state index contributed by atoms with van der Waals surface area (Å²) >= 11 is 1.58. The van der Waals surface area contributed by atoms with Crippen LogP contribution in [-0.4, -0.2) is 35.1 Å². The van der Waals surface area contributed by atoms with Gasteiger partial charge in [0.15, 0.2) is 5.82 Å². The second-order valence-corrected chi connectivity index (χ2v) is 7.25. The van der Waals surface area contributed by atoms with Gasteiger partial charge >= 0.3 is 0 Å². The highest BCUT2D eigenvalue weighted by atomic mass is 32.2. The Hall–Kier alpha value is -1.06. The summed E-state index contributed by atoms with van der Waals surface area (Å²) in [6, 6.07) is 0. The molecule has 0 aromatic carbocycles. The Bertz CT molecular complexity index is 576. The smallest absolute Gasteiger partial charge is 0.243 e. The molecular formula is C10H16N4O3S2. The molecule has 3 N–H and O–H groups in total. The molecule has 0 saturated carbocycles. The molecule has 0 bridgehead atoms. The molecule has 1 aromatic rings. The summed E-state index contributed by atoms with van der Waals surface area (Å²) in [5.41, 5.74) is 0. The van der Waals surface area contributed by atoms with E-state index in [1.807, 2.05) is 0 Å². The van der Waals surface area contributed by atoms with Crippen LogP contribution in [0.1, 0.15) is 19.3 Å². The van der Waals surface area contributed by atoms with Crippen molar-refractivity contribution in [2.75, 3.05) is 11.1 Å². The van der Waals surface area contributed by atoms with Gasteiger partial charge < -0.3 is 5.32 Å². The highest BCUT2D eigenvalue weighted by Crippen LogP contribution is 2.27. The monoisotopic (exact) mass is 304 g/mol. The lowest BCUT2D eigenvalue weighted by molar-refractivity contribution is -0.115. The molecule has 1 saturated heterocycles. The second-order valence-electron chi connectivity index (χ2n) is 4.41. The van der Waals surface area contributed by atoms with Crippen LogP contribution in [0.25, 0.3) is 0 Å². The lowest BCUT2D eigenvalue weighted by Crippen LogP contribution is -2.28. The molecule has 2 rings (SSSR count). The largest absolute Gasteiger partial charge is 0.307 e. The van der Waals surface area contributed by atoms with Crippen LogP contribution in [0, 0.1) is 0 Å². The molecule has 1 aliphatic heterocycles. The molecule has 7 nitrogen and oxygen atoms in total. The summed E-state index contributed by atoms with van der Waals surface area (Å²) < 4.78 is 24.1. The number of amides is 1. The molecule has 0 spiro atoms. The van der Waals surface area contributed by atoms with Crippen molar-refractivity contribution in [1.82, 2.24) is 9.78 Å². The average Bonchev–Trinajstić information content (AvgIpc) is 2.71. The summed E-state index contributed by atoms with van der Waals surface area (Å²) in [4.78, 5) is 11.9. The van der Waals surface area contributed by atoms with Gasteiger partial charge in [0.2, 0.25) is 15.9 Å².